The first-order chi connectivity index (χ1) is 5.69. The topological polar surface area (TPSA) is 34.1 Å². The Bertz CT molecular complexity index is 238. The zero-order chi connectivity index (χ0) is 9.14. The highest BCUT2D eigenvalue weighted by Crippen LogP contribution is 2.21. The molecule has 0 aromatic carbocycles. The molecular formula is C10H14O2. The van der Waals surface area contributed by atoms with E-state index in [1.165, 1.54) is 6.08 Å². The van der Waals surface area contributed by atoms with Crippen LogP contribution in [0.2, 0.25) is 0 Å². The minimum absolute atomic E-state index is 0.0483. The van der Waals surface area contributed by atoms with Crippen molar-refractivity contribution in [2.75, 3.05) is 0 Å². The van der Waals surface area contributed by atoms with Gasteiger partial charge in [0.2, 0.25) is 0 Å². The summed E-state index contributed by atoms with van der Waals surface area (Å²) in [5, 5.41) is 0. The van der Waals surface area contributed by atoms with Crippen LogP contribution in [0.5, 0.6) is 0 Å². The van der Waals surface area contributed by atoms with Crippen LogP contribution in [0, 0.1) is 5.92 Å². The van der Waals surface area contributed by atoms with Gasteiger partial charge in [0, 0.05) is 12.3 Å². The van der Waals surface area contributed by atoms with Crippen LogP contribution in [0.25, 0.3) is 0 Å². The summed E-state index contributed by atoms with van der Waals surface area (Å²) in [6.07, 6.45) is 3.41. The summed E-state index contributed by atoms with van der Waals surface area (Å²) >= 11 is 0. The summed E-state index contributed by atoms with van der Waals surface area (Å²) in [7, 11) is 0. The molecule has 0 saturated heterocycles. The second kappa shape index (κ2) is 3.65. The summed E-state index contributed by atoms with van der Waals surface area (Å²) < 4.78 is 0. The zero-order valence-electron chi connectivity index (χ0n) is 7.59. The van der Waals surface area contributed by atoms with Crippen molar-refractivity contribution in [3.63, 3.8) is 0 Å². The van der Waals surface area contributed by atoms with Gasteiger partial charge in [-0.05, 0) is 24.5 Å². The second-order valence-electron chi connectivity index (χ2n) is 3.16. The van der Waals surface area contributed by atoms with Crippen molar-refractivity contribution in [2.45, 2.75) is 33.1 Å². The van der Waals surface area contributed by atoms with Crippen LogP contribution in [-0.2, 0) is 9.59 Å². The molecule has 0 saturated carbocycles. The van der Waals surface area contributed by atoms with Crippen LogP contribution in [0.15, 0.2) is 11.6 Å². The van der Waals surface area contributed by atoms with Gasteiger partial charge in [-0.15, -0.1) is 0 Å². The molecule has 2 heteroatoms. The van der Waals surface area contributed by atoms with Crippen LogP contribution < -0.4 is 0 Å². The van der Waals surface area contributed by atoms with Crippen molar-refractivity contribution in [2.24, 2.45) is 5.92 Å². The summed E-state index contributed by atoms with van der Waals surface area (Å²) in [5.41, 5.74) is 0.699. The lowest BCUT2D eigenvalue weighted by Crippen LogP contribution is -2.23. The number of hydrogen-bond acceptors (Lipinski definition) is 2. The Balaban J connectivity index is 2.83. The van der Waals surface area contributed by atoms with Gasteiger partial charge < -0.3 is 0 Å². The minimum atomic E-state index is -0.0483. The molecule has 0 bridgehead atoms. The third-order valence-corrected chi connectivity index (χ3v) is 2.38. The largest absolute Gasteiger partial charge is 0.295 e. The highest BCUT2D eigenvalue weighted by Gasteiger charge is 2.25. The molecule has 2 nitrogen and oxygen atoms in total. The quantitative estimate of drug-likeness (QED) is 0.627. The molecule has 0 spiro atoms. The van der Waals surface area contributed by atoms with E-state index in [9.17, 15) is 9.59 Å². The fraction of sp³-hybridized carbons (Fsp3) is 0.600. The Morgan fingerprint density at radius 2 is 2.08 bits per heavy atom. The zero-order valence-corrected chi connectivity index (χ0v) is 7.59. The third kappa shape index (κ3) is 1.63. The van der Waals surface area contributed by atoms with E-state index in [1.807, 2.05) is 13.8 Å². The summed E-state index contributed by atoms with van der Waals surface area (Å²) in [5.74, 6) is 0.241. The minimum Gasteiger partial charge on any atom is -0.295 e. The van der Waals surface area contributed by atoms with E-state index in [1.54, 1.807) is 0 Å². The van der Waals surface area contributed by atoms with E-state index in [2.05, 4.69) is 0 Å². The van der Waals surface area contributed by atoms with E-state index in [4.69, 9.17) is 0 Å². The van der Waals surface area contributed by atoms with Gasteiger partial charge in [-0.1, -0.05) is 13.8 Å². The molecular weight excluding hydrogens is 152 g/mol. The molecule has 66 valence electrons. The van der Waals surface area contributed by atoms with Crippen LogP contribution in [0.3, 0.4) is 0 Å². The maximum atomic E-state index is 11.3. The van der Waals surface area contributed by atoms with Gasteiger partial charge >= 0.3 is 0 Å². The number of allylic oxidation sites excluding steroid dienone is 2. The summed E-state index contributed by atoms with van der Waals surface area (Å²) in [6, 6.07) is 0. The normalized spacial score (nSPS) is 24.2. The fourth-order valence-electron chi connectivity index (χ4n) is 1.47. The smallest absolute Gasteiger partial charge is 0.159 e. The molecule has 1 aliphatic rings. The van der Waals surface area contributed by atoms with E-state index in [0.717, 1.165) is 6.42 Å². The maximum Gasteiger partial charge on any atom is 0.159 e. The molecule has 0 fully saturated rings. The monoisotopic (exact) mass is 166 g/mol. The lowest BCUT2D eigenvalue weighted by molar-refractivity contribution is -0.125. The van der Waals surface area contributed by atoms with E-state index in [0.29, 0.717) is 18.4 Å². The first-order valence-electron chi connectivity index (χ1n) is 4.46. The Morgan fingerprint density at radius 3 is 2.58 bits per heavy atom. The van der Waals surface area contributed by atoms with E-state index < -0.39 is 0 Å². The molecule has 12 heavy (non-hydrogen) atoms. The van der Waals surface area contributed by atoms with Gasteiger partial charge in [-0.25, -0.2) is 0 Å². The first kappa shape index (κ1) is 9.17. The van der Waals surface area contributed by atoms with Crippen LogP contribution in [-0.4, -0.2) is 11.6 Å². The molecule has 0 aliphatic heterocycles. The van der Waals surface area contributed by atoms with Crippen LogP contribution in [0.4, 0.5) is 0 Å². The predicted molar refractivity (Wildman–Crippen MR) is 46.8 cm³/mol. The van der Waals surface area contributed by atoms with Crippen molar-refractivity contribution >= 4 is 11.6 Å². The Morgan fingerprint density at radius 1 is 1.42 bits per heavy atom. The van der Waals surface area contributed by atoms with Crippen LogP contribution in [0.1, 0.15) is 33.1 Å². The van der Waals surface area contributed by atoms with Crippen molar-refractivity contribution in [1.82, 2.24) is 0 Å². The number of rotatable bonds is 2. The number of Topliss-reactive ketones (excluding diaryl/α,β-unsaturated/α-hetero) is 1. The molecule has 1 atom stereocenters. The highest BCUT2D eigenvalue weighted by molar-refractivity contribution is 6.09. The van der Waals surface area contributed by atoms with Gasteiger partial charge in [0.1, 0.15) is 0 Å². The van der Waals surface area contributed by atoms with Crippen molar-refractivity contribution in [3.05, 3.63) is 11.6 Å². The van der Waals surface area contributed by atoms with Crippen LogP contribution >= 0.6 is 0 Å². The molecule has 0 amide bonds. The lowest BCUT2D eigenvalue weighted by Gasteiger charge is -2.17. The third-order valence-electron chi connectivity index (χ3n) is 2.38. The van der Waals surface area contributed by atoms with Gasteiger partial charge in [-0.2, -0.15) is 0 Å². The van der Waals surface area contributed by atoms with Gasteiger partial charge in [0.15, 0.2) is 11.6 Å². The van der Waals surface area contributed by atoms with Crippen molar-refractivity contribution in [3.8, 4) is 0 Å². The number of carbonyl (C=O) groups is 2. The van der Waals surface area contributed by atoms with E-state index in [-0.39, 0.29) is 17.5 Å². The number of carbonyl (C=O) groups excluding carboxylic acids is 2. The summed E-state index contributed by atoms with van der Waals surface area (Å²) in [6.45, 7) is 3.85. The highest BCUT2D eigenvalue weighted by atomic mass is 16.1. The average molecular weight is 166 g/mol. The average Bonchev–Trinajstić information content (AvgIpc) is 2.08. The lowest BCUT2D eigenvalue weighted by atomic mass is 9.85. The van der Waals surface area contributed by atoms with Gasteiger partial charge in [0.25, 0.3) is 0 Å². The molecule has 0 N–H and O–H groups in total. The molecule has 0 heterocycles. The van der Waals surface area contributed by atoms with Gasteiger partial charge in [0.05, 0.1) is 0 Å². The molecule has 1 unspecified atom stereocenters. The molecule has 0 aromatic heterocycles. The van der Waals surface area contributed by atoms with Gasteiger partial charge in [-0.3, -0.25) is 9.59 Å². The van der Waals surface area contributed by atoms with Crippen molar-refractivity contribution in [1.29, 1.82) is 0 Å². The Hall–Kier alpha value is -0.920. The molecule has 0 radical (unpaired) electrons. The number of ketones is 2. The first-order valence-corrected chi connectivity index (χ1v) is 4.46. The SMILES string of the molecule is CCC1=CC(=O)C(CC)CC1=O. The standard InChI is InChI=1S/C10H14O2/c1-3-7-5-10(12)8(4-2)6-9(7)11/h5,8H,3-4,6H2,1-2H3. The Labute approximate surface area is 72.7 Å². The second-order valence-corrected chi connectivity index (χ2v) is 3.16. The molecule has 1 rings (SSSR count). The van der Waals surface area contributed by atoms with E-state index >= 15 is 0 Å². The molecule has 1 aliphatic carbocycles. The predicted octanol–water partition coefficient (Wildman–Crippen LogP) is 1.89. The Kier molecular flexibility index (Phi) is 2.79. The fourth-order valence-corrected chi connectivity index (χ4v) is 1.47. The van der Waals surface area contributed by atoms with Crippen molar-refractivity contribution < 1.29 is 9.59 Å². The number of hydrogen-bond donors (Lipinski definition) is 0. The maximum absolute atomic E-state index is 11.3. The summed E-state index contributed by atoms with van der Waals surface area (Å²) in [4.78, 5) is 22.6. The molecule has 0 aromatic rings.